The summed E-state index contributed by atoms with van der Waals surface area (Å²) in [6.07, 6.45) is 0.495. The Kier molecular flexibility index (Phi) is 4.72. The number of benzene rings is 1. The number of rotatable bonds is 5. The number of ether oxygens (including phenoxy) is 1. The van der Waals surface area contributed by atoms with Crippen LogP contribution < -0.4 is 4.74 Å². The van der Waals surface area contributed by atoms with E-state index in [9.17, 15) is 19.5 Å². The van der Waals surface area contributed by atoms with Gasteiger partial charge in [-0.1, -0.05) is 6.07 Å². The first-order valence-electron chi connectivity index (χ1n) is 9.75. The summed E-state index contributed by atoms with van der Waals surface area (Å²) >= 11 is 0. The van der Waals surface area contributed by atoms with E-state index in [1.165, 1.54) is 6.92 Å². The molecule has 8 heteroatoms. The molecule has 2 N–H and O–H groups in total. The number of hydrogen-bond donors (Lipinski definition) is 2. The fraction of sp³-hybridized carbons (Fsp3) is 0.476. The molecule has 0 saturated carbocycles. The second kappa shape index (κ2) is 7.09. The van der Waals surface area contributed by atoms with Crippen molar-refractivity contribution in [1.82, 2.24) is 14.8 Å². The number of nitrogens with one attached hydrogen (secondary N) is 1. The number of carbonyl (C=O) groups excluding carboxylic acids is 2. The van der Waals surface area contributed by atoms with Gasteiger partial charge in [0, 0.05) is 61.8 Å². The number of carbonyl (C=O) groups is 3. The van der Waals surface area contributed by atoms with E-state index in [2.05, 4.69) is 4.98 Å². The summed E-state index contributed by atoms with van der Waals surface area (Å²) in [5.41, 5.74) is 0.959. The summed E-state index contributed by atoms with van der Waals surface area (Å²) in [6.45, 7) is 3.59. The standard InChI is InChI=1S/C21H25N3O5/c1-13(25)23-9-14-10-24(12-21(14,11-23)7-6-19(26)27)20(28)17-8-15-16(22-17)4-3-5-18(15)29-2/h3-5,8,14,22H,6-7,9-12H2,1-2H3,(H,26,27)/t14-,21+/m1/s1. The van der Waals surface area contributed by atoms with Gasteiger partial charge in [-0.2, -0.15) is 0 Å². The molecule has 29 heavy (non-hydrogen) atoms. The molecule has 1 aromatic carbocycles. The van der Waals surface area contributed by atoms with Gasteiger partial charge in [0.1, 0.15) is 11.4 Å². The number of H-pyrrole nitrogens is 1. The van der Waals surface area contributed by atoms with Gasteiger partial charge in [-0.15, -0.1) is 0 Å². The molecular formula is C21H25N3O5. The molecule has 2 aliphatic rings. The van der Waals surface area contributed by atoms with E-state index in [4.69, 9.17) is 4.74 Å². The maximum atomic E-state index is 13.2. The number of fused-ring (bicyclic) bond motifs is 2. The van der Waals surface area contributed by atoms with Crippen LogP contribution in [-0.4, -0.2) is 71.0 Å². The van der Waals surface area contributed by atoms with Crippen molar-refractivity contribution in [2.45, 2.75) is 19.8 Å². The topological polar surface area (TPSA) is 103 Å². The van der Waals surface area contributed by atoms with Gasteiger partial charge in [0.2, 0.25) is 5.91 Å². The first-order chi connectivity index (χ1) is 13.8. The molecule has 154 valence electrons. The van der Waals surface area contributed by atoms with Crippen LogP contribution in [-0.2, 0) is 9.59 Å². The normalized spacial score (nSPS) is 23.4. The molecule has 0 spiro atoms. The van der Waals surface area contributed by atoms with Crippen LogP contribution in [0.3, 0.4) is 0 Å². The van der Waals surface area contributed by atoms with Gasteiger partial charge in [-0.25, -0.2) is 0 Å². The first-order valence-corrected chi connectivity index (χ1v) is 9.75. The van der Waals surface area contributed by atoms with Crippen molar-refractivity contribution in [2.75, 3.05) is 33.3 Å². The van der Waals surface area contributed by atoms with Crippen LogP contribution >= 0.6 is 0 Å². The number of carboxylic acid groups (broad SMARTS) is 1. The minimum atomic E-state index is -0.855. The van der Waals surface area contributed by atoms with Crippen LogP contribution in [0.15, 0.2) is 24.3 Å². The summed E-state index contributed by atoms with van der Waals surface area (Å²) in [5, 5.41) is 10.0. The highest BCUT2D eigenvalue weighted by atomic mass is 16.5. The SMILES string of the molecule is COc1cccc2[nH]c(C(=O)N3C[C@H]4CN(C(C)=O)C[C@@]4(CCC(=O)O)C3)cc12. The van der Waals surface area contributed by atoms with Crippen molar-refractivity contribution in [1.29, 1.82) is 0 Å². The number of aromatic nitrogens is 1. The molecule has 0 radical (unpaired) electrons. The molecule has 1 aromatic heterocycles. The van der Waals surface area contributed by atoms with Crippen molar-refractivity contribution < 1.29 is 24.2 Å². The lowest BCUT2D eigenvalue weighted by Crippen LogP contribution is -2.38. The number of aliphatic carboxylic acids is 1. The predicted octanol–water partition coefficient (Wildman–Crippen LogP) is 1.96. The lowest BCUT2D eigenvalue weighted by molar-refractivity contribution is -0.137. The number of likely N-dealkylation sites (tertiary alicyclic amines) is 2. The summed E-state index contributed by atoms with van der Waals surface area (Å²) in [7, 11) is 1.60. The molecule has 0 aliphatic carbocycles. The predicted molar refractivity (Wildman–Crippen MR) is 106 cm³/mol. The number of nitrogens with zero attached hydrogens (tertiary/aromatic N) is 2. The van der Waals surface area contributed by atoms with E-state index in [1.807, 2.05) is 18.2 Å². The molecule has 3 heterocycles. The number of aromatic amines is 1. The van der Waals surface area contributed by atoms with Crippen molar-refractivity contribution in [3.05, 3.63) is 30.0 Å². The molecule has 0 unspecified atom stereocenters. The lowest BCUT2D eigenvalue weighted by atomic mass is 9.77. The van der Waals surface area contributed by atoms with Crippen LogP contribution in [0.5, 0.6) is 5.75 Å². The van der Waals surface area contributed by atoms with Gasteiger partial charge >= 0.3 is 5.97 Å². The molecule has 8 nitrogen and oxygen atoms in total. The Bertz CT molecular complexity index is 984. The summed E-state index contributed by atoms with van der Waals surface area (Å²) in [6, 6.07) is 7.41. The quantitative estimate of drug-likeness (QED) is 0.800. The zero-order chi connectivity index (χ0) is 20.8. The molecule has 2 aliphatic heterocycles. The van der Waals surface area contributed by atoms with Gasteiger partial charge in [0.25, 0.3) is 5.91 Å². The minimum absolute atomic E-state index is 0.00492. The largest absolute Gasteiger partial charge is 0.496 e. The van der Waals surface area contributed by atoms with Crippen LogP contribution in [0.25, 0.3) is 10.9 Å². The Morgan fingerprint density at radius 1 is 1.24 bits per heavy atom. The average molecular weight is 399 g/mol. The Hall–Kier alpha value is -3.03. The fourth-order valence-corrected chi connectivity index (χ4v) is 4.88. The van der Waals surface area contributed by atoms with E-state index >= 15 is 0 Å². The van der Waals surface area contributed by atoms with Crippen LogP contribution in [0.1, 0.15) is 30.3 Å². The Morgan fingerprint density at radius 2 is 1.97 bits per heavy atom. The third kappa shape index (κ3) is 3.32. The highest BCUT2D eigenvalue weighted by Gasteiger charge is 2.54. The molecular weight excluding hydrogens is 374 g/mol. The van der Waals surface area contributed by atoms with E-state index in [1.54, 1.807) is 23.0 Å². The Labute approximate surface area is 168 Å². The van der Waals surface area contributed by atoms with E-state index in [0.29, 0.717) is 44.0 Å². The lowest BCUT2D eigenvalue weighted by Gasteiger charge is -2.28. The van der Waals surface area contributed by atoms with Gasteiger partial charge in [0.05, 0.1) is 7.11 Å². The van der Waals surface area contributed by atoms with Gasteiger partial charge in [-0.3, -0.25) is 14.4 Å². The molecule has 2 aromatic rings. The monoisotopic (exact) mass is 399 g/mol. The maximum Gasteiger partial charge on any atom is 0.303 e. The number of carboxylic acids is 1. The van der Waals surface area contributed by atoms with Crippen molar-refractivity contribution in [3.8, 4) is 5.75 Å². The summed E-state index contributed by atoms with van der Waals surface area (Å²) in [5.74, 6) is -0.178. The second-order valence-corrected chi connectivity index (χ2v) is 8.14. The molecule has 2 fully saturated rings. The Balaban J connectivity index is 1.58. The second-order valence-electron chi connectivity index (χ2n) is 8.14. The molecule has 2 atom stereocenters. The van der Waals surface area contributed by atoms with Crippen LogP contribution in [0.4, 0.5) is 0 Å². The molecule has 2 saturated heterocycles. The smallest absolute Gasteiger partial charge is 0.303 e. The van der Waals surface area contributed by atoms with Gasteiger partial charge < -0.3 is 24.6 Å². The third-order valence-corrected chi connectivity index (χ3v) is 6.40. The zero-order valence-corrected chi connectivity index (χ0v) is 16.6. The first kappa shape index (κ1) is 19.3. The third-order valence-electron chi connectivity index (χ3n) is 6.40. The fourth-order valence-electron chi connectivity index (χ4n) is 4.88. The summed E-state index contributed by atoms with van der Waals surface area (Å²) in [4.78, 5) is 43.0. The maximum absolute atomic E-state index is 13.2. The summed E-state index contributed by atoms with van der Waals surface area (Å²) < 4.78 is 5.37. The Morgan fingerprint density at radius 3 is 2.66 bits per heavy atom. The van der Waals surface area contributed by atoms with Gasteiger partial charge in [-0.05, 0) is 24.6 Å². The average Bonchev–Trinajstić information content (AvgIpc) is 3.35. The van der Waals surface area contributed by atoms with Crippen molar-refractivity contribution >= 4 is 28.7 Å². The van der Waals surface area contributed by atoms with Crippen LogP contribution in [0, 0.1) is 11.3 Å². The molecule has 2 amide bonds. The number of methoxy groups -OCH3 is 1. The van der Waals surface area contributed by atoms with E-state index in [0.717, 1.165) is 10.9 Å². The molecule has 4 rings (SSSR count). The van der Waals surface area contributed by atoms with E-state index < -0.39 is 5.97 Å². The number of amides is 2. The highest BCUT2D eigenvalue weighted by Crippen LogP contribution is 2.46. The van der Waals surface area contributed by atoms with Crippen molar-refractivity contribution in [3.63, 3.8) is 0 Å². The zero-order valence-electron chi connectivity index (χ0n) is 16.6. The van der Waals surface area contributed by atoms with Crippen LogP contribution in [0.2, 0.25) is 0 Å². The molecule has 0 bridgehead atoms. The minimum Gasteiger partial charge on any atom is -0.496 e. The van der Waals surface area contributed by atoms with Gasteiger partial charge in [0.15, 0.2) is 0 Å². The highest BCUT2D eigenvalue weighted by molar-refractivity contribution is 5.99. The van der Waals surface area contributed by atoms with E-state index in [-0.39, 0.29) is 29.6 Å². The number of hydrogen-bond acceptors (Lipinski definition) is 4. The van der Waals surface area contributed by atoms with Crippen molar-refractivity contribution in [2.24, 2.45) is 11.3 Å².